The van der Waals surface area contributed by atoms with Crippen molar-refractivity contribution in [1.29, 1.82) is 0 Å². The summed E-state index contributed by atoms with van der Waals surface area (Å²) in [4.78, 5) is 41.5. The molecule has 1 amide bonds. The van der Waals surface area contributed by atoms with E-state index in [-0.39, 0.29) is 54.5 Å². The van der Waals surface area contributed by atoms with Crippen molar-refractivity contribution in [2.24, 2.45) is 5.92 Å². The number of oxazole rings is 1. The number of likely N-dealkylation sites (tertiary alicyclic amines) is 1. The lowest BCUT2D eigenvalue weighted by atomic mass is 9.97. The van der Waals surface area contributed by atoms with Gasteiger partial charge < -0.3 is 18.8 Å². The van der Waals surface area contributed by atoms with Crippen LogP contribution in [-0.2, 0) is 30.3 Å². The second kappa shape index (κ2) is 10.8. The normalized spacial score (nSPS) is 14.3. The Hall–Kier alpha value is -3.30. The third-order valence-electron chi connectivity index (χ3n) is 5.12. The summed E-state index contributed by atoms with van der Waals surface area (Å²) in [6.07, 6.45) is 2.34. The third-order valence-corrected chi connectivity index (χ3v) is 5.12. The Balaban J connectivity index is 1.40. The van der Waals surface area contributed by atoms with E-state index in [1.807, 2.05) is 0 Å². The van der Waals surface area contributed by atoms with Crippen LogP contribution in [0.3, 0.4) is 0 Å². The second-order valence-electron chi connectivity index (χ2n) is 7.31. The number of benzene rings is 1. The predicted octanol–water partition coefficient (Wildman–Crippen LogP) is 2.90. The van der Waals surface area contributed by atoms with Crippen LogP contribution < -0.4 is 0 Å². The molecule has 0 unspecified atom stereocenters. The number of aryl methyl sites for hydroxylation is 1. The maximum absolute atomic E-state index is 13.8. The quantitative estimate of drug-likeness (QED) is 0.570. The highest BCUT2D eigenvalue weighted by atomic mass is 19.1. The van der Waals surface area contributed by atoms with Gasteiger partial charge in [0, 0.05) is 25.6 Å². The fourth-order valence-electron chi connectivity index (χ4n) is 3.38. The smallest absolute Gasteiger partial charge is 0.309 e. The van der Waals surface area contributed by atoms with Gasteiger partial charge in [-0.25, -0.2) is 13.8 Å². The molecule has 10 heteroatoms. The van der Waals surface area contributed by atoms with E-state index in [0.717, 1.165) is 12.1 Å². The Labute approximate surface area is 183 Å². The van der Waals surface area contributed by atoms with Crippen LogP contribution in [0.25, 0.3) is 11.3 Å². The van der Waals surface area contributed by atoms with Crippen LogP contribution in [0, 0.1) is 17.6 Å². The van der Waals surface area contributed by atoms with Crippen molar-refractivity contribution in [3.05, 3.63) is 41.9 Å². The van der Waals surface area contributed by atoms with E-state index < -0.39 is 17.6 Å². The molecule has 1 aromatic heterocycles. The molecule has 0 N–H and O–H groups in total. The van der Waals surface area contributed by atoms with Crippen LogP contribution in [0.15, 0.2) is 28.8 Å². The number of amides is 1. The van der Waals surface area contributed by atoms with Gasteiger partial charge in [-0.2, -0.15) is 0 Å². The van der Waals surface area contributed by atoms with E-state index in [4.69, 9.17) is 13.9 Å². The first-order valence-electron chi connectivity index (χ1n) is 10.4. The lowest BCUT2D eigenvalue weighted by Gasteiger charge is -2.30. The topological polar surface area (TPSA) is 98.9 Å². The summed E-state index contributed by atoms with van der Waals surface area (Å²) in [5.41, 5.74) is 0.0602. The maximum atomic E-state index is 13.8. The number of ether oxygens (including phenoxy) is 2. The molecule has 2 aromatic rings. The summed E-state index contributed by atoms with van der Waals surface area (Å²) >= 11 is 0. The minimum absolute atomic E-state index is 0.0602. The van der Waals surface area contributed by atoms with E-state index in [1.54, 1.807) is 11.8 Å². The number of aromatic nitrogens is 1. The van der Waals surface area contributed by atoms with Gasteiger partial charge in [0.05, 0.1) is 30.7 Å². The molecule has 1 aliphatic heterocycles. The van der Waals surface area contributed by atoms with Crippen LogP contribution in [0.4, 0.5) is 8.78 Å². The molecular formula is C22H24F2N2O6. The van der Waals surface area contributed by atoms with Gasteiger partial charge >= 0.3 is 11.9 Å². The van der Waals surface area contributed by atoms with Gasteiger partial charge in [0.2, 0.25) is 0 Å². The predicted molar refractivity (Wildman–Crippen MR) is 107 cm³/mol. The van der Waals surface area contributed by atoms with Crippen molar-refractivity contribution in [3.8, 4) is 11.3 Å². The summed E-state index contributed by atoms with van der Waals surface area (Å²) in [5, 5.41) is 0. The number of esters is 2. The Morgan fingerprint density at radius 1 is 1.19 bits per heavy atom. The highest BCUT2D eigenvalue weighted by Crippen LogP contribution is 2.24. The standard InChI is InChI=1S/C22H24F2N2O6/c1-2-30-22(29)14-7-9-26(10-8-14)20(27)13-31-21(28)6-5-19-25-12-18(32-19)16-4-3-15(23)11-17(16)24/h3-4,11-12,14H,2,5-10,13H2,1H3. The lowest BCUT2D eigenvalue weighted by molar-refractivity contribution is -0.154. The minimum Gasteiger partial charge on any atom is -0.466 e. The molecule has 32 heavy (non-hydrogen) atoms. The second-order valence-corrected chi connectivity index (χ2v) is 7.31. The zero-order valence-corrected chi connectivity index (χ0v) is 17.6. The number of carbonyl (C=O) groups is 3. The van der Waals surface area contributed by atoms with E-state index in [0.29, 0.717) is 32.5 Å². The third kappa shape index (κ3) is 6.12. The summed E-state index contributed by atoms with van der Waals surface area (Å²) in [7, 11) is 0. The van der Waals surface area contributed by atoms with Gasteiger partial charge in [-0.05, 0) is 31.9 Å². The SMILES string of the molecule is CCOC(=O)C1CCN(C(=O)COC(=O)CCc2ncc(-c3ccc(F)cc3F)o2)CC1. The number of nitrogens with zero attached hydrogens (tertiary/aromatic N) is 2. The van der Waals surface area contributed by atoms with Crippen molar-refractivity contribution in [3.63, 3.8) is 0 Å². The molecule has 1 aliphatic rings. The summed E-state index contributed by atoms with van der Waals surface area (Å²) in [5.74, 6) is -2.57. The molecule has 0 aliphatic carbocycles. The minimum atomic E-state index is -0.781. The fourth-order valence-corrected chi connectivity index (χ4v) is 3.38. The van der Waals surface area contributed by atoms with Crippen LogP contribution in [0.2, 0.25) is 0 Å². The van der Waals surface area contributed by atoms with Crippen LogP contribution in [-0.4, -0.2) is 54.0 Å². The Morgan fingerprint density at radius 3 is 2.62 bits per heavy atom. The summed E-state index contributed by atoms with van der Waals surface area (Å²) in [6.45, 7) is 2.49. The van der Waals surface area contributed by atoms with E-state index in [9.17, 15) is 23.2 Å². The van der Waals surface area contributed by atoms with E-state index in [2.05, 4.69) is 4.98 Å². The number of piperidine rings is 1. The van der Waals surface area contributed by atoms with Crippen LogP contribution >= 0.6 is 0 Å². The van der Waals surface area contributed by atoms with Gasteiger partial charge in [-0.15, -0.1) is 0 Å². The Morgan fingerprint density at radius 2 is 1.94 bits per heavy atom. The van der Waals surface area contributed by atoms with E-state index in [1.165, 1.54) is 12.3 Å². The Kier molecular flexibility index (Phi) is 7.91. The number of hydrogen-bond acceptors (Lipinski definition) is 7. The maximum Gasteiger partial charge on any atom is 0.309 e. The zero-order chi connectivity index (χ0) is 23.1. The average Bonchev–Trinajstić information content (AvgIpc) is 3.25. The molecule has 0 atom stereocenters. The molecular weight excluding hydrogens is 426 g/mol. The first-order chi connectivity index (χ1) is 15.4. The molecule has 0 spiro atoms. The molecule has 172 valence electrons. The summed E-state index contributed by atoms with van der Waals surface area (Å²) in [6, 6.07) is 3.09. The molecule has 8 nitrogen and oxygen atoms in total. The van der Waals surface area contributed by atoms with Gasteiger partial charge in [0.25, 0.3) is 5.91 Å². The summed E-state index contributed by atoms with van der Waals surface area (Å²) < 4.78 is 42.3. The monoisotopic (exact) mass is 450 g/mol. The zero-order valence-electron chi connectivity index (χ0n) is 17.6. The first-order valence-corrected chi connectivity index (χ1v) is 10.4. The lowest BCUT2D eigenvalue weighted by Crippen LogP contribution is -2.42. The van der Waals surface area contributed by atoms with E-state index >= 15 is 0 Å². The first kappa shape index (κ1) is 23.4. The van der Waals surface area contributed by atoms with Crippen molar-refractivity contribution >= 4 is 17.8 Å². The molecule has 1 saturated heterocycles. The number of hydrogen-bond donors (Lipinski definition) is 0. The van der Waals surface area contributed by atoms with Crippen molar-refractivity contribution in [2.75, 3.05) is 26.3 Å². The van der Waals surface area contributed by atoms with Gasteiger partial charge in [0.15, 0.2) is 18.3 Å². The van der Waals surface area contributed by atoms with Crippen molar-refractivity contribution in [2.45, 2.75) is 32.6 Å². The highest BCUT2D eigenvalue weighted by Gasteiger charge is 2.28. The van der Waals surface area contributed by atoms with Crippen LogP contribution in [0.1, 0.15) is 32.1 Å². The van der Waals surface area contributed by atoms with Crippen molar-refractivity contribution < 1.29 is 37.1 Å². The number of halogens is 2. The molecule has 1 fully saturated rings. The van der Waals surface area contributed by atoms with Gasteiger partial charge in [-0.1, -0.05) is 0 Å². The molecule has 0 bridgehead atoms. The Bertz CT molecular complexity index is 969. The number of rotatable bonds is 8. The molecule has 3 rings (SSSR count). The molecule has 0 saturated carbocycles. The van der Waals surface area contributed by atoms with Gasteiger partial charge in [-0.3, -0.25) is 14.4 Å². The van der Waals surface area contributed by atoms with Gasteiger partial charge in [0.1, 0.15) is 11.6 Å². The molecule has 2 heterocycles. The van der Waals surface area contributed by atoms with Crippen molar-refractivity contribution in [1.82, 2.24) is 9.88 Å². The number of carbonyl (C=O) groups excluding carboxylic acids is 3. The largest absolute Gasteiger partial charge is 0.466 e. The van der Waals surface area contributed by atoms with Crippen LogP contribution in [0.5, 0.6) is 0 Å². The highest BCUT2D eigenvalue weighted by molar-refractivity contribution is 5.81. The molecule has 0 radical (unpaired) electrons. The average molecular weight is 450 g/mol. The fraction of sp³-hybridized carbons (Fsp3) is 0.455. The molecule has 1 aromatic carbocycles.